The smallest absolute Gasteiger partial charge is 0.273 e. The minimum absolute atomic E-state index is 0.154. The van der Waals surface area contributed by atoms with Crippen LogP contribution in [0.2, 0.25) is 0 Å². The van der Waals surface area contributed by atoms with Gasteiger partial charge in [-0.1, -0.05) is 18.2 Å². The number of nitrogens with one attached hydrogen (secondary N) is 1. The zero-order valence-electron chi connectivity index (χ0n) is 10.2. The molecule has 1 aromatic carbocycles. The summed E-state index contributed by atoms with van der Waals surface area (Å²) in [6.07, 6.45) is 3.40. The van der Waals surface area contributed by atoms with Crippen LogP contribution in [-0.4, -0.2) is 22.2 Å². The lowest BCUT2D eigenvalue weighted by Gasteiger charge is -2.26. The van der Waals surface area contributed by atoms with Crippen LogP contribution in [0, 0.1) is 10.1 Å². The van der Waals surface area contributed by atoms with Crippen LogP contribution in [0.5, 0.6) is 0 Å². The molecule has 0 amide bonds. The van der Waals surface area contributed by atoms with E-state index in [1.165, 1.54) is 6.07 Å². The zero-order chi connectivity index (χ0) is 13.0. The Kier molecular flexibility index (Phi) is 4.28. The van der Waals surface area contributed by atoms with E-state index in [1.54, 1.807) is 18.2 Å². The van der Waals surface area contributed by atoms with Gasteiger partial charge in [0.15, 0.2) is 0 Å². The number of nitrogens with zero attached hydrogens (tertiary/aromatic N) is 1. The van der Waals surface area contributed by atoms with Crippen molar-refractivity contribution in [1.29, 1.82) is 0 Å². The molecule has 2 unspecified atom stereocenters. The summed E-state index contributed by atoms with van der Waals surface area (Å²) in [6.45, 7) is 0.481. The molecular formula is C13H18N2O3. The van der Waals surface area contributed by atoms with Crippen LogP contribution in [0.3, 0.4) is 0 Å². The quantitative estimate of drug-likeness (QED) is 0.633. The molecule has 1 saturated carbocycles. The van der Waals surface area contributed by atoms with Gasteiger partial charge in [0.2, 0.25) is 0 Å². The van der Waals surface area contributed by atoms with Crippen LogP contribution in [0.15, 0.2) is 24.3 Å². The Morgan fingerprint density at radius 2 is 2.17 bits per heavy atom. The second-order valence-corrected chi connectivity index (χ2v) is 4.78. The normalized spacial score (nSPS) is 23.8. The molecule has 1 fully saturated rings. The fraction of sp³-hybridized carbons (Fsp3) is 0.538. The molecular weight excluding hydrogens is 232 g/mol. The third kappa shape index (κ3) is 3.27. The summed E-state index contributed by atoms with van der Waals surface area (Å²) < 4.78 is 0. The summed E-state index contributed by atoms with van der Waals surface area (Å²) in [5.41, 5.74) is 0.851. The molecule has 0 bridgehead atoms. The molecule has 0 heterocycles. The van der Waals surface area contributed by atoms with E-state index in [9.17, 15) is 15.2 Å². The largest absolute Gasteiger partial charge is 0.393 e. The predicted octanol–water partition coefficient (Wildman–Crippen LogP) is 1.99. The molecule has 0 aliphatic heterocycles. The van der Waals surface area contributed by atoms with Gasteiger partial charge in [0.05, 0.1) is 11.0 Å². The monoisotopic (exact) mass is 250 g/mol. The molecule has 1 aliphatic carbocycles. The Labute approximate surface area is 106 Å². The van der Waals surface area contributed by atoms with Gasteiger partial charge >= 0.3 is 0 Å². The number of nitro benzene ring substituents is 1. The summed E-state index contributed by atoms with van der Waals surface area (Å²) in [7, 11) is 0. The molecule has 1 aliphatic rings. The fourth-order valence-electron chi connectivity index (χ4n) is 2.44. The summed E-state index contributed by atoms with van der Waals surface area (Å²) in [4.78, 5) is 10.5. The molecule has 18 heavy (non-hydrogen) atoms. The standard InChI is InChI=1S/C13H18N2O3/c16-12-6-3-5-11(8-12)14-9-10-4-1-2-7-13(10)15(17)18/h1-2,4,7,11-12,14,16H,3,5-6,8-9H2. The Balaban J connectivity index is 1.95. The van der Waals surface area contributed by atoms with Crippen molar-refractivity contribution in [2.45, 2.75) is 44.4 Å². The SMILES string of the molecule is O=[N+]([O-])c1ccccc1CNC1CCCC(O)C1. The number of para-hydroxylation sites is 1. The van der Waals surface area contributed by atoms with Crippen LogP contribution in [-0.2, 0) is 6.54 Å². The van der Waals surface area contributed by atoms with Gasteiger partial charge in [-0.2, -0.15) is 0 Å². The van der Waals surface area contributed by atoms with E-state index in [0.29, 0.717) is 12.1 Å². The Hall–Kier alpha value is -1.46. The molecule has 0 saturated heterocycles. The van der Waals surface area contributed by atoms with Crippen molar-refractivity contribution in [3.63, 3.8) is 0 Å². The molecule has 0 aromatic heterocycles. The average Bonchev–Trinajstić information content (AvgIpc) is 2.37. The first-order valence-corrected chi connectivity index (χ1v) is 6.30. The van der Waals surface area contributed by atoms with Crippen molar-refractivity contribution in [3.8, 4) is 0 Å². The maximum atomic E-state index is 10.9. The van der Waals surface area contributed by atoms with Gasteiger partial charge in [-0.05, 0) is 25.7 Å². The van der Waals surface area contributed by atoms with Crippen molar-refractivity contribution < 1.29 is 10.0 Å². The molecule has 5 heteroatoms. The Bertz CT molecular complexity index is 422. The molecule has 0 radical (unpaired) electrons. The minimum Gasteiger partial charge on any atom is -0.393 e. The third-order valence-corrected chi connectivity index (χ3v) is 3.42. The summed E-state index contributed by atoms with van der Waals surface area (Å²) in [6, 6.07) is 7.02. The molecule has 1 aromatic rings. The predicted molar refractivity (Wildman–Crippen MR) is 68.2 cm³/mol. The molecule has 2 rings (SSSR count). The zero-order valence-corrected chi connectivity index (χ0v) is 10.2. The Morgan fingerprint density at radius 1 is 1.39 bits per heavy atom. The van der Waals surface area contributed by atoms with Crippen LogP contribution in [0.1, 0.15) is 31.2 Å². The molecule has 2 atom stereocenters. The maximum absolute atomic E-state index is 10.9. The van der Waals surface area contributed by atoms with Crippen molar-refractivity contribution in [1.82, 2.24) is 5.32 Å². The number of benzene rings is 1. The summed E-state index contributed by atoms with van der Waals surface area (Å²) in [5.74, 6) is 0. The highest BCUT2D eigenvalue weighted by atomic mass is 16.6. The highest BCUT2D eigenvalue weighted by Crippen LogP contribution is 2.21. The average molecular weight is 250 g/mol. The van der Waals surface area contributed by atoms with E-state index in [-0.39, 0.29) is 22.8 Å². The molecule has 2 N–H and O–H groups in total. The lowest BCUT2D eigenvalue weighted by atomic mass is 9.93. The highest BCUT2D eigenvalue weighted by molar-refractivity contribution is 5.39. The number of rotatable bonds is 4. The lowest BCUT2D eigenvalue weighted by molar-refractivity contribution is -0.385. The van der Waals surface area contributed by atoms with Gasteiger partial charge in [-0.15, -0.1) is 0 Å². The van der Waals surface area contributed by atoms with E-state index >= 15 is 0 Å². The lowest BCUT2D eigenvalue weighted by Crippen LogP contribution is -2.35. The van der Waals surface area contributed by atoms with Gasteiger partial charge in [0.25, 0.3) is 5.69 Å². The summed E-state index contributed by atoms with van der Waals surface area (Å²) >= 11 is 0. The van der Waals surface area contributed by atoms with Gasteiger partial charge < -0.3 is 10.4 Å². The number of hydrogen-bond acceptors (Lipinski definition) is 4. The number of aliphatic hydroxyl groups is 1. The van der Waals surface area contributed by atoms with E-state index < -0.39 is 0 Å². The van der Waals surface area contributed by atoms with Crippen LogP contribution in [0.4, 0.5) is 5.69 Å². The Morgan fingerprint density at radius 3 is 2.89 bits per heavy atom. The van der Waals surface area contributed by atoms with Crippen molar-refractivity contribution in [2.75, 3.05) is 0 Å². The highest BCUT2D eigenvalue weighted by Gasteiger charge is 2.20. The first-order chi connectivity index (χ1) is 8.66. The first-order valence-electron chi connectivity index (χ1n) is 6.30. The van der Waals surface area contributed by atoms with E-state index in [4.69, 9.17) is 0 Å². The van der Waals surface area contributed by atoms with Crippen LogP contribution in [0.25, 0.3) is 0 Å². The summed E-state index contributed by atoms with van der Waals surface area (Å²) in [5, 5.41) is 23.7. The van der Waals surface area contributed by atoms with Crippen molar-refractivity contribution in [3.05, 3.63) is 39.9 Å². The van der Waals surface area contributed by atoms with Crippen LogP contribution >= 0.6 is 0 Å². The van der Waals surface area contributed by atoms with E-state index in [2.05, 4.69) is 5.32 Å². The first kappa shape index (κ1) is 13.0. The maximum Gasteiger partial charge on any atom is 0.273 e. The van der Waals surface area contributed by atoms with Crippen LogP contribution < -0.4 is 5.32 Å². The second kappa shape index (κ2) is 5.93. The van der Waals surface area contributed by atoms with E-state index in [0.717, 1.165) is 25.7 Å². The third-order valence-electron chi connectivity index (χ3n) is 3.42. The molecule has 98 valence electrons. The number of hydrogen-bond donors (Lipinski definition) is 2. The fourth-order valence-corrected chi connectivity index (χ4v) is 2.44. The number of aliphatic hydroxyl groups excluding tert-OH is 1. The van der Waals surface area contributed by atoms with Gasteiger partial charge in [-0.25, -0.2) is 0 Å². The topological polar surface area (TPSA) is 75.4 Å². The van der Waals surface area contributed by atoms with Gasteiger partial charge in [0, 0.05) is 24.2 Å². The van der Waals surface area contributed by atoms with Gasteiger partial charge in [0.1, 0.15) is 0 Å². The number of nitro groups is 1. The van der Waals surface area contributed by atoms with Crippen molar-refractivity contribution in [2.24, 2.45) is 0 Å². The van der Waals surface area contributed by atoms with E-state index in [1.807, 2.05) is 0 Å². The molecule has 5 nitrogen and oxygen atoms in total. The molecule has 0 spiro atoms. The minimum atomic E-state index is -0.354. The second-order valence-electron chi connectivity index (χ2n) is 4.78. The van der Waals surface area contributed by atoms with Gasteiger partial charge in [-0.3, -0.25) is 10.1 Å². The van der Waals surface area contributed by atoms with Crippen molar-refractivity contribution >= 4 is 5.69 Å².